The van der Waals surface area contributed by atoms with E-state index in [4.69, 9.17) is 0 Å². The van der Waals surface area contributed by atoms with Crippen LogP contribution in [0.15, 0.2) is 12.4 Å². The largest absolute Gasteiger partial charge is 0.726 e. The van der Waals surface area contributed by atoms with Crippen LogP contribution in [-0.4, -0.2) is 24.8 Å². The zero-order valence-corrected chi connectivity index (χ0v) is 10.1. The standard InChI is InChI=1S/C7H13N2.CH4O4S/c1-4-7-5-8(2)9(3)6-7;1-5-6(2,3)4/h5-6H,4H2,1-3H3;1H3,(H,2,3,4)/q+1;/p-1. The van der Waals surface area contributed by atoms with E-state index in [-0.39, 0.29) is 0 Å². The highest BCUT2D eigenvalue weighted by molar-refractivity contribution is 7.80. The van der Waals surface area contributed by atoms with E-state index < -0.39 is 10.4 Å². The van der Waals surface area contributed by atoms with Gasteiger partial charge in [0, 0.05) is 5.56 Å². The smallest absolute Gasteiger partial charge is 0.217 e. The van der Waals surface area contributed by atoms with Crippen LogP contribution < -0.4 is 4.68 Å². The van der Waals surface area contributed by atoms with E-state index in [1.165, 1.54) is 5.56 Å². The minimum absolute atomic E-state index is 0.808. The Hall–Kier alpha value is -0.920. The summed E-state index contributed by atoms with van der Waals surface area (Å²) in [5, 5.41) is 0. The first-order chi connectivity index (χ1) is 6.80. The molecular formula is C8H16N2O4S. The molecule has 7 heteroatoms. The Bertz CT molecular complexity index is 377. The quantitative estimate of drug-likeness (QED) is 0.394. The lowest BCUT2D eigenvalue weighted by atomic mass is 10.3. The molecule has 1 heterocycles. The molecule has 0 radical (unpaired) electrons. The van der Waals surface area contributed by atoms with Crippen molar-refractivity contribution < 1.29 is 21.8 Å². The molecule has 0 N–H and O–H groups in total. The van der Waals surface area contributed by atoms with Crippen molar-refractivity contribution in [1.82, 2.24) is 4.68 Å². The van der Waals surface area contributed by atoms with Crippen LogP contribution in [-0.2, 0) is 35.1 Å². The number of aryl methyl sites for hydroxylation is 3. The highest BCUT2D eigenvalue weighted by Crippen LogP contribution is 1.92. The summed E-state index contributed by atoms with van der Waals surface area (Å²) in [6, 6.07) is 0. The van der Waals surface area contributed by atoms with Gasteiger partial charge in [-0.1, -0.05) is 6.92 Å². The van der Waals surface area contributed by atoms with Gasteiger partial charge in [-0.25, -0.2) is 8.42 Å². The van der Waals surface area contributed by atoms with E-state index in [1.54, 1.807) is 0 Å². The first-order valence-corrected chi connectivity index (χ1v) is 5.66. The Morgan fingerprint density at radius 1 is 1.60 bits per heavy atom. The van der Waals surface area contributed by atoms with Crippen molar-refractivity contribution >= 4 is 10.4 Å². The lowest BCUT2D eigenvalue weighted by molar-refractivity contribution is -0.751. The molecule has 0 amide bonds. The molecule has 0 aliphatic heterocycles. The van der Waals surface area contributed by atoms with E-state index in [0.717, 1.165) is 13.5 Å². The molecule has 0 aliphatic carbocycles. The SMILES string of the molecule is CCc1cn(C)[n+](C)c1.COS(=O)(=O)[O-]. The van der Waals surface area contributed by atoms with Gasteiger partial charge in [0.25, 0.3) is 0 Å². The van der Waals surface area contributed by atoms with Gasteiger partial charge in [-0.15, -0.1) is 4.68 Å². The van der Waals surface area contributed by atoms with Gasteiger partial charge >= 0.3 is 0 Å². The molecule has 1 rings (SSSR count). The first-order valence-electron chi connectivity index (χ1n) is 4.32. The van der Waals surface area contributed by atoms with Crippen LogP contribution in [0.2, 0.25) is 0 Å². The second-order valence-corrected chi connectivity index (χ2v) is 4.06. The van der Waals surface area contributed by atoms with Crippen LogP contribution in [0, 0.1) is 0 Å². The van der Waals surface area contributed by atoms with Crippen molar-refractivity contribution in [1.29, 1.82) is 0 Å². The Morgan fingerprint density at radius 2 is 2.07 bits per heavy atom. The van der Waals surface area contributed by atoms with Gasteiger partial charge in [0.1, 0.15) is 0 Å². The average Bonchev–Trinajstić information content (AvgIpc) is 2.46. The molecule has 0 aliphatic rings. The lowest BCUT2D eigenvalue weighted by Gasteiger charge is -1.98. The van der Waals surface area contributed by atoms with Crippen LogP contribution in [0.3, 0.4) is 0 Å². The van der Waals surface area contributed by atoms with Gasteiger partial charge in [-0.05, 0) is 6.42 Å². The molecule has 88 valence electrons. The fourth-order valence-electron chi connectivity index (χ4n) is 0.878. The van der Waals surface area contributed by atoms with Crippen molar-refractivity contribution in [3.8, 4) is 0 Å². The minimum Gasteiger partial charge on any atom is -0.726 e. The summed E-state index contributed by atoms with van der Waals surface area (Å²) in [5.74, 6) is 0. The summed E-state index contributed by atoms with van der Waals surface area (Å²) in [6.45, 7) is 2.16. The van der Waals surface area contributed by atoms with Crippen LogP contribution in [0.4, 0.5) is 0 Å². The third kappa shape index (κ3) is 6.21. The molecule has 0 aromatic carbocycles. The van der Waals surface area contributed by atoms with Gasteiger partial charge in [-0.2, -0.15) is 4.68 Å². The van der Waals surface area contributed by atoms with Crippen LogP contribution in [0.5, 0.6) is 0 Å². The van der Waals surface area contributed by atoms with E-state index in [2.05, 4.69) is 32.9 Å². The third-order valence-electron chi connectivity index (χ3n) is 1.82. The zero-order chi connectivity index (χ0) is 12.1. The fourth-order valence-corrected chi connectivity index (χ4v) is 0.878. The molecule has 15 heavy (non-hydrogen) atoms. The van der Waals surface area contributed by atoms with Gasteiger partial charge in [-0.3, -0.25) is 4.18 Å². The predicted molar refractivity (Wildman–Crippen MR) is 52.7 cm³/mol. The molecular weight excluding hydrogens is 220 g/mol. The summed E-state index contributed by atoms with van der Waals surface area (Å²) in [7, 11) is 0.478. The van der Waals surface area contributed by atoms with E-state index in [0.29, 0.717) is 0 Å². The van der Waals surface area contributed by atoms with Crippen molar-refractivity contribution in [3.05, 3.63) is 18.0 Å². The lowest BCUT2D eigenvalue weighted by Crippen LogP contribution is -2.35. The molecule has 0 bridgehead atoms. The van der Waals surface area contributed by atoms with E-state index >= 15 is 0 Å². The molecule has 6 nitrogen and oxygen atoms in total. The Morgan fingerprint density at radius 3 is 2.20 bits per heavy atom. The summed E-state index contributed by atoms with van der Waals surface area (Å²) in [5.41, 5.74) is 1.39. The van der Waals surface area contributed by atoms with E-state index in [9.17, 15) is 13.0 Å². The number of hydrogen-bond acceptors (Lipinski definition) is 4. The molecule has 1 aromatic rings. The monoisotopic (exact) mass is 236 g/mol. The molecule has 0 saturated heterocycles. The minimum atomic E-state index is -4.41. The predicted octanol–water partition coefficient (Wildman–Crippen LogP) is -0.495. The van der Waals surface area contributed by atoms with E-state index in [1.807, 2.05) is 14.1 Å². The average molecular weight is 236 g/mol. The third-order valence-corrected chi connectivity index (χ3v) is 2.22. The maximum atomic E-state index is 9.22. The van der Waals surface area contributed by atoms with Gasteiger partial charge in [0.15, 0.2) is 13.2 Å². The maximum absolute atomic E-state index is 9.22. The Kier molecular flexibility index (Phi) is 5.48. The fraction of sp³-hybridized carbons (Fsp3) is 0.625. The Labute approximate surface area is 90.0 Å². The normalized spacial score (nSPS) is 10.7. The molecule has 0 fully saturated rings. The van der Waals surface area contributed by atoms with Gasteiger partial charge in [0.2, 0.25) is 10.4 Å². The molecule has 1 aromatic heterocycles. The van der Waals surface area contributed by atoms with Crippen LogP contribution in [0.25, 0.3) is 0 Å². The number of hydrogen-bond donors (Lipinski definition) is 0. The zero-order valence-electron chi connectivity index (χ0n) is 9.30. The van der Waals surface area contributed by atoms with Crippen LogP contribution in [0.1, 0.15) is 12.5 Å². The highest BCUT2D eigenvalue weighted by Gasteiger charge is 2.00. The molecule has 0 spiro atoms. The Balaban J connectivity index is 0.000000288. The van der Waals surface area contributed by atoms with Crippen molar-refractivity contribution in [2.24, 2.45) is 14.1 Å². The summed E-state index contributed by atoms with van der Waals surface area (Å²) < 4.78 is 35.2. The number of aromatic nitrogens is 2. The number of nitrogens with zero attached hydrogens (tertiary/aromatic N) is 2. The highest BCUT2D eigenvalue weighted by atomic mass is 32.3. The summed E-state index contributed by atoms with van der Waals surface area (Å²) in [6.07, 6.45) is 5.40. The van der Waals surface area contributed by atoms with Gasteiger partial charge in [0.05, 0.1) is 20.4 Å². The number of rotatable bonds is 2. The second-order valence-electron chi connectivity index (χ2n) is 2.91. The molecule has 0 atom stereocenters. The van der Waals surface area contributed by atoms with Crippen molar-refractivity contribution in [2.75, 3.05) is 7.11 Å². The molecule has 0 saturated carbocycles. The summed E-state index contributed by atoms with van der Waals surface area (Å²) in [4.78, 5) is 0. The van der Waals surface area contributed by atoms with Crippen LogP contribution >= 0.6 is 0 Å². The maximum Gasteiger partial charge on any atom is 0.217 e. The topological polar surface area (TPSA) is 75.2 Å². The second kappa shape index (κ2) is 5.84. The van der Waals surface area contributed by atoms with Crippen molar-refractivity contribution in [2.45, 2.75) is 13.3 Å². The van der Waals surface area contributed by atoms with Crippen molar-refractivity contribution in [3.63, 3.8) is 0 Å². The summed E-state index contributed by atoms with van der Waals surface area (Å²) >= 11 is 0. The molecule has 0 unspecified atom stereocenters. The van der Waals surface area contributed by atoms with Gasteiger partial charge < -0.3 is 4.55 Å². The first kappa shape index (κ1) is 14.1.